The Balaban J connectivity index is 0. The Bertz CT molecular complexity index is 20.0. The van der Waals surface area contributed by atoms with Crippen molar-refractivity contribution >= 4 is 0 Å². The van der Waals surface area contributed by atoms with E-state index in [9.17, 15) is 0 Å². The van der Waals surface area contributed by atoms with Gasteiger partial charge in [0.25, 0.3) is 0 Å². The molecule has 0 amide bonds. The van der Waals surface area contributed by atoms with Gasteiger partial charge in [0.2, 0.25) is 0 Å². The second-order valence-corrected chi connectivity index (χ2v) is 1.26. The van der Waals surface area contributed by atoms with Crippen molar-refractivity contribution in [2.24, 2.45) is 0 Å². The van der Waals surface area contributed by atoms with Gasteiger partial charge >= 0.3 is 29.6 Å². The molecule has 0 fully saturated rings. The van der Waals surface area contributed by atoms with Crippen LogP contribution in [0, 0.1) is 0 Å². The summed E-state index contributed by atoms with van der Waals surface area (Å²) in [4.78, 5) is 0. The van der Waals surface area contributed by atoms with Gasteiger partial charge in [0, 0.05) is 0 Å². The topological polar surface area (TPSA) is 14.1 Å². The number of nitrogens with zero attached hydrogens (tertiary/aromatic N) is 1. The molecule has 7 heavy (non-hydrogen) atoms. The molecular formula is C5H12NNa. The third-order valence-corrected chi connectivity index (χ3v) is 0.605. The van der Waals surface area contributed by atoms with Gasteiger partial charge in [-0.15, -0.1) is 6.54 Å². The van der Waals surface area contributed by atoms with E-state index in [1.165, 1.54) is 6.42 Å². The van der Waals surface area contributed by atoms with E-state index in [2.05, 4.69) is 19.2 Å². The van der Waals surface area contributed by atoms with Crippen molar-refractivity contribution in [2.75, 3.05) is 13.1 Å². The number of hydrogen-bond acceptors (Lipinski definition) is 0. The molecule has 0 aromatic carbocycles. The molecule has 0 radical (unpaired) electrons. The number of hydrogen-bond donors (Lipinski definition) is 0. The third kappa shape index (κ3) is 10.9. The predicted molar refractivity (Wildman–Crippen MR) is 29.1 cm³/mol. The molecule has 0 aliphatic carbocycles. The van der Waals surface area contributed by atoms with Crippen molar-refractivity contribution in [3.05, 3.63) is 5.32 Å². The maximum atomic E-state index is 4.09. The van der Waals surface area contributed by atoms with Crippen LogP contribution in [0.3, 0.4) is 0 Å². The zero-order valence-corrected chi connectivity index (χ0v) is 7.57. The summed E-state index contributed by atoms with van der Waals surface area (Å²) < 4.78 is 0. The molecule has 0 heterocycles. The van der Waals surface area contributed by atoms with Crippen LogP contribution in [-0.2, 0) is 0 Å². The first-order valence-electron chi connectivity index (χ1n) is 2.55. The molecule has 2 heteroatoms. The molecule has 0 rings (SSSR count). The van der Waals surface area contributed by atoms with E-state index in [1.54, 1.807) is 0 Å². The molecule has 0 bridgehead atoms. The van der Waals surface area contributed by atoms with E-state index in [4.69, 9.17) is 0 Å². The average molecular weight is 109 g/mol. The average Bonchev–Trinajstić information content (AvgIpc) is 1.61. The summed E-state index contributed by atoms with van der Waals surface area (Å²) in [7, 11) is 0. The van der Waals surface area contributed by atoms with Crippen molar-refractivity contribution in [1.82, 2.24) is 0 Å². The first-order valence-corrected chi connectivity index (χ1v) is 2.55. The van der Waals surface area contributed by atoms with E-state index < -0.39 is 0 Å². The Kier molecular flexibility index (Phi) is 15.6. The smallest absolute Gasteiger partial charge is 0.662 e. The van der Waals surface area contributed by atoms with Crippen LogP contribution in [0.5, 0.6) is 0 Å². The SMILES string of the molecule is CCC[N-]CC.[Na+]. The normalized spacial score (nSPS) is 7.71. The van der Waals surface area contributed by atoms with Gasteiger partial charge in [-0.3, -0.25) is 0 Å². The van der Waals surface area contributed by atoms with E-state index in [-0.39, 0.29) is 29.6 Å². The fraction of sp³-hybridized carbons (Fsp3) is 1.00. The largest absolute Gasteiger partial charge is 1.00 e. The molecule has 0 aliphatic rings. The molecule has 0 spiro atoms. The van der Waals surface area contributed by atoms with Gasteiger partial charge in [-0.1, -0.05) is 20.3 Å². The minimum Gasteiger partial charge on any atom is -0.662 e. The van der Waals surface area contributed by atoms with Crippen LogP contribution < -0.4 is 29.6 Å². The summed E-state index contributed by atoms with van der Waals surface area (Å²) in [5.74, 6) is 0. The Hall–Kier alpha value is 0.960. The minimum atomic E-state index is 0. The second kappa shape index (κ2) is 10.0. The maximum absolute atomic E-state index is 4.09. The van der Waals surface area contributed by atoms with E-state index in [1.807, 2.05) is 0 Å². The van der Waals surface area contributed by atoms with E-state index in [0.29, 0.717) is 0 Å². The fourth-order valence-corrected chi connectivity index (χ4v) is 0.316. The van der Waals surface area contributed by atoms with Crippen LogP contribution in [0.1, 0.15) is 20.3 Å². The molecule has 0 aliphatic heterocycles. The summed E-state index contributed by atoms with van der Waals surface area (Å²) in [5, 5.41) is 4.09. The summed E-state index contributed by atoms with van der Waals surface area (Å²) in [6.45, 7) is 6.22. The monoisotopic (exact) mass is 109 g/mol. The Morgan fingerprint density at radius 1 is 1.29 bits per heavy atom. The van der Waals surface area contributed by atoms with Crippen LogP contribution in [0.15, 0.2) is 0 Å². The molecule has 0 saturated carbocycles. The molecule has 0 saturated heterocycles. The molecule has 0 N–H and O–H groups in total. The maximum Gasteiger partial charge on any atom is 1.00 e. The first kappa shape index (κ1) is 10.9. The standard InChI is InChI=1S/C5H12N.Na/c1-3-5-6-4-2;/h3-5H2,1-2H3;/q-1;+1. The second-order valence-electron chi connectivity index (χ2n) is 1.26. The molecule has 0 atom stereocenters. The molecule has 1 nitrogen and oxygen atoms in total. The van der Waals surface area contributed by atoms with Crippen LogP contribution in [-0.4, -0.2) is 13.1 Å². The van der Waals surface area contributed by atoms with Crippen molar-refractivity contribution in [2.45, 2.75) is 20.3 Å². The van der Waals surface area contributed by atoms with Gasteiger partial charge < -0.3 is 5.32 Å². The summed E-state index contributed by atoms with van der Waals surface area (Å²) in [5.41, 5.74) is 0. The van der Waals surface area contributed by atoms with Crippen molar-refractivity contribution in [3.8, 4) is 0 Å². The molecule has 0 unspecified atom stereocenters. The van der Waals surface area contributed by atoms with Crippen LogP contribution in [0.4, 0.5) is 0 Å². The fourth-order valence-electron chi connectivity index (χ4n) is 0.316. The van der Waals surface area contributed by atoms with Crippen LogP contribution >= 0.6 is 0 Å². The van der Waals surface area contributed by atoms with Gasteiger partial charge in [-0.2, -0.15) is 6.54 Å². The zero-order valence-electron chi connectivity index (χ0n) is 5.57. The van der Waals surface area contributed by atoms with Crippen molar-refractivity contribution in [1.29, 1.82) is 0 Å². The van der Waals surface area contributed by atoms with Gasteiger partial charge in [0.05, 0.1) is 0 Å². The van der Waals surface area contributed by atoms with Gasteiger partial charge in [0.15, 0.2) is 0 Å². The Morgan fingerprint density at radius 2 is 1.86 bits per heavy atom. The molecule has 0 aromatic heterocycles. The van der Waals surface area contributed by atoms with Crippen molar-refractivity contribution in [3.63, 3.8) is 0 Å². The van der Waals surface area contributed by atoms with E-state index in [0.717, 1.165) is 13.1 Å². The Labute approximate surface area is 68.2 Å². The summed E-state index contributed by atoms with van der Waals surface area (Å²) >= 11 is 0. The van der Waals surface area contributed by atoms with Crippen molar-refractivity contribution < 1.29 is 29.6 Å². The quantitative estimate of drug-likeness (QED) is 0.319. The van der Waals surface area contributed by atoms with E-state index >= 15 is 0 Å². The van der Waals surface area contributed by atoms with Crippen LogP contribution in [0.25, 0.3) is 5.32 Å². The minimum absolute atomic E-state index is 0. The number of rotatable bonds is 3. The zero-order chi connectivity index (χ0) is 4.83. The first-order chi connectivity index (χ1) is 2.91. The van der Waals surface area contributed by atoms with Crippen LogP contribution in [0.2, 0.25) is 0 Å². The van der Waals surface area contributed by atoms with Gasteiger partial charge in [0.1, 0.15) is 0 Å². The molecule has 38 valence electrons. The predicted octanol–water partition coefficient (Wildman–Crippen LogP) is -1.21. The van der Waals surface area contributed by atoms with Gasteiger partial charge in [-0.05, 0) is 0 Å². The molecular weight excluding hydrogens is 97.1 g/mol. The molecule has 0 aromatic rings. The summed E-state index contributed by atoms with van der Waals surface area (Å²) in [6, 6.07) is 0. The van der Waals surface area contributed by atoms with Gasteiger partial charge in [-0.25, -0.2) is 0 Å². The Morgan fingerprint density at radius 3 is 2.00 bits per heavy atom. The third-order valence-electron chi connectivity index (χ3n) is 0.605. The summed E-state index contributed by atoms with van der Waals surface area (Å²) in [6.07, 6.45) is 1.19.